The Morgan fingerprint density at radius 3 is 1.81 bits per heavy atom. The van der Waals surface area contributed by atoms with Gasteiger partial charge < -0.3 is 24.8 Å². The number of carboxylic acids is 1. The van der Waals surface area contributed by atoms with Gasteiger partial charge in [0.1, 0.15) is 12.4 Å². The van der Waals surface area contributed by atoms with Crippen LogP contribution in [-0.4, -0.2) is 90.2 Å². The topological polar surface area (TPSA) is 88.1 Å². The molecule has 0 radical (unpaired) electrons. The molecular formula is C27H24ClF13N2O5. The van der Waals surface area contributed by atoms with Crippen molar-refractivity contribution in [1.29, 1.82) is 0 Å². The number of carbonyl (C=O) groups excluding carboxylic acids is 1. The Kier molecular flexibility index (Phi) is 12.5. The minimum atomic E-state index is -8.09. The lowest BCUT2D eigenvalue weighted by Crippen LogP contribution is -2.71. The highest BCUT2D eigenvalue weighted by Crippen LogP contribution is 2.60. The molecule has 7 nitrogen and oxygen atoms in total. The Morgan fingerprint density at radius 2 is 1.33 bits per heavy atom. The number of rotatable bonds is 16. The number of amides is 2. The van der Waals surface area contributed by atoms with E-state index in [1.54, 1.807) is 6.92 Å². The first-order chi connectivity index (χ1) is 21.8. The third kappa shape index (κ3) is 8.66. The molecule has 2 rings (SSSR count). The summed E-state index contributed by atoms with van der Waals surface area (Å²) in [6.07, 6.45) is -8.89. The fourth-order valence-corrected chi connectivity index (χ4v) is 3.88. The second-order valence-corrected chi connectivity index (χ2v) is 10.3. The standard InChI is InChI=1S/C27H24ClF13N2O5/c1-2-47-19(20(44)45)13-15-3-9-18(10-4-15)48-12-11-43(21(46)42-17-7-5-16(28)6-8-17)14-22(29,30)23(31,32)24(33,34)25(35,36)26(37,38)27(39,40)41/h3-10,19H,2,11-14H2,1H3,(H,42,46)(H,44,45). The molecule has 1 atom stereocenters. The number of urea groups is 1. The molecule has 0 saturated heterocycles. The maximum atomic E-state index is 14.7. The van der Waals surface area contributed by atoms with Crippen LogP contribution in [-0.2, 0) is 16.0 Å². The summed E-state index contributed by atoms with van der Waals surface area (Å²) < 4.78 is 188. The van der Waals surface area contributed by atoms with Gasteiger partial charge in [-0.2, -0.15) is 57.1 Å². The quantitative estimate of drug-likeness (QED) is 0.171. The summed E-state index contributed by atoms with van der Waals surface area (Å²) in [5, 5.41) is 11.1. The number of ether oxygens (including phenoxy) is 2. The fraction of sp³-hybridized carbons (Fsp3) is 0.481. The zero-order chi connectivity index (χ0) is 36.9. The molecule has 2 aromatic carbocycles. The first-order valence-corrected chi connectivity index (χ1v) is 13.5. The van der Waals surface area contributed by atoms with Crippen LogP contribution in [0.15, 0.2) is 48.5 Å². The third-order valence-corrected chi connectivity index (χ3v) is 6.64. The first kappa shape index (κ1) is 40.5. The lowest BCUT2D eigenvalue weighted by atomic mass is 9.93. The number of nitrogens with zero attached hydrogens (tertiary/aromatic N) is 1. The van der Waals surface area contributed by atoms with Crippen LogP contribution in [0.25, 0.3) is 0 Å². The van der Waals surface area contributed by atoms with E-state index in [-0.39, 0.29) is 34.4 Å². The number of halogens is 14. The summed E-state index contributed by atoms with van der Waals surface area (Å²) in [6, 6.07) is 7.72. The fourth-order valence-electron chi connectivity index (χ4n) is 3.76. The Bertz CT molecular complexity index is 1390. The number of anilines is 1. The van der Waals surface area contributed by atoms with Gasteiger partial charge in [0.2, 0.25) is 0 Å². The molecule has 1 unspecified atom stereocenters. The number of alkyl halides is 13. The molecule has 0 saturated carbocycles. The highest BCUT2D eigenvalue weighted by Gasteiger charge is 2.90. The van der Waals surface area contributed by atoms with Gasteiger partial charge in [0.05, 0.1) is 13.1 Å². The number of carboxylic acid groups (broad SMARTS) is 1. The number of nitrogens with one attached hydrogen (secondary N) is 1. The van der Waals surface area contributed by atoms with Crippen LogP contribution in [0.5, 0.6) is 5.75 Å². The number of benzene rings is 2. The highest BCUT2D eigenvalue weighted by atomic mass is 35.5. The molecule has 0 bridgehead atoms. The minimum absolute atomic E-state index is 0.0747. The average molecular weight is 739 g/mol. The molecule has 0 fully saturated rings. The number of carbonyl (C=O) groups is 2. The number of aliphatic carboxylic acids is 1. The van der Waals surface area contributed by atoms with Crippen LogP contribution in [0, 0.1) is 0 Å². The summed E-state index contributed by atoms with van der Waals surface area (Å²) in [4.78, 5) is 23.6. The van der Waals surface area contributed by atoms with Crippen molar-refractivity contribution in [3.63, 3.8) is 0 Å². The van der Waals surface area contributed by atoms with Crippen molar-refractivity contribution in [3.8, 4) is 5.75 Å². The van der Waals surface area contributed by atoms with E-state index in [9.17, 15) is 71.8 Å². The van der Waals surface area contributed by atoms with Crippen molar-refractivity contribution < 1.29 is 81.2 Å². The summed E-state index contributed by atoms with van der Waals surface area (Å²) in [5.41, 5.74) is 0.150. The Labute approximate surface area is 267 Å². The predicted molar refractivity (Wildman–Crippen MR) is 142 cm³/mol. The van der Waals surface area contributed by atoms with E-state index < -0.39 is 73.6 Å². The molecule has 2 aromatic rings. The lowest BCUT2D eigenvalue weighted by molar-refractivity contribution is -0.439. The van der Waals surface area contributed by atoms with Crippen LogP contribution in [0.4, 0.5) is 67.6 Å². The number of hydrogen-bond acceptors (Lipinski definition) is 4. The normalized spacial score (nSPS) is 14.0. The van der Waals surface area contributed by atoms with Crippen molar-refractivity contribution in [2.75, 3.05) is 31.6 Å². The molecule has 0 aliphatic rings. The molecule has 0 aromatic heterocycles. The van der Waals surface area contributed by atoms with E-state index in [4.69, 9.17) is 21.1 Å². The molecule has 0 aliphatic heterocycles. The molecule has 2 N–H and O–H groups in total. The van der Waals surface area contributed by atoms with Crippen molar-refractivity contribution in [2.45, 2.75) is 55.2 Å². The zero-order valence-corrected chi connectivity index (χ0v) is 24.8. The molecule has 21 heteroatoms. The summed E-state index contributed by atoms with van der Waals surface area (Å²) in [6.45, 7) is -3.40. The van der Waals surface area contributed by atoms with Gasteiger partial charge in [-0.1, -0.05) is 23.7 Å². The molecule has 0 aliphatic carbocycles. The Balaban J connectivity index is 2.33. The van der Waals surface area contributed by atoms with Crippen LogP contribution < -0.4 is 10.1 Å². The summed E-state index contributed by atoms with van der Waals surface area (Å²) in [5.74, 6) is -39.6. The van der Waals surface area contributed by atoms with Gasteiger partial charge >= 0.3 is 47.8 Å². The molecule has 2 amide bonds. The van der Waals surface area contributed by atoms with E-state index in [2.05, 4.69) is 0 Å². The monoisotopic (exact) mass is 738 g/mol. The van der Waals surface area contributed by atoms with Crippen LogP contribution in [0.3, 0.4) is 0 Å². The number of hydrogen-bond donors (Lipinski definition) is 2. The van der Waals surface area contributed by atoms with Crippen molar-refractivity contribution >= 4 is 29.3 Å². The van der Waals surface area contributed by atoms with Gasteiger partial charge in [0, 0.05) is 23.7 Å². The van der Waals surface area contributed by atoms with Gasteiger partial charge in [-0.25, -0.2) is 9.59 Å². The maximum Gasteiger partial charge on any atom is 0.460 e. The third-order valence-electron chi connectivity index (χ3n) is 6.39. The second-order valence-electron chi connectivity index (χ2n) is 9.84. The van der Waals surface area contributed by atoms with E-state index in [0.717, 1.165) is 24.3 Å². The van der Waals surface area contributed by atoms with Gasteiger partial charge in [-0.15, -0.1) is 0 Å². The van der Waals surface area contributed by atoms with Crippen LogP contribution >= 0.6 is 11.6 Å². The first-order valence-electron chi connectivity index (χ1n) is 13.2. The van der Waals surface area contributed by atoms with Gasteiger partial charge in [-0.05, 0) is 48.9 Å². The van der Waals surface area contributed by atoms with E-state index in [1.165, 1.54) is 24.3 Å². The highest BCUT2D eigenvalue weighted by molar-refractivity contribution is 6.30. The predicted octanol–water partition coefficient (Wildman–Crippen LogP) is 8.02. The van der Waals surface area contributed by atoms with Crippen molar-refractivity contribution in [1.82, 2.24) is 4.90 Å². The van der Waals surface area contributed by atoms with Gasteiger partial charge in [0.15, 0.2) is 6.10 Å². The smallest absolute Gasteiger partial charge is 0.460 e. The summed E-state index contributed by atoms with van der Waals surface area (Å²) >= 11 is 5.67. The van der Waals surface area contributed by atoms with Crippen LogP contribution in [0.2, 0.25) is 5.02 Å². The SMILES string of the molecule is CCOC(Cc1ccc(OCCN(CC(F)(F)C(F)(F)C(F)(F)C(F)(F)C(F)(F)C(F)(F)F)C(=O)Nc2ccc(Cl)cc2)cc1)C(=O)O. The lowest BCUT2D eigenvalue weighted by Gasteiger charge is -2.40. The largest absolute Gasteiger partial charge is 0.492 e. The summed E-state index contributed by atoms with van der Waals surface area (Å²) in [7, 11) is 0. The van der Waals surface area contributed by atoms with Crippen molar-refractivity contribution in [3.05, 3.63) is 59.1 Å². The minimum Gasteiger partial charge on any atom is -0.492 e. The molecule has 48 heavy (non-hydrogen) atoms. The Hall–Kier alpha value is -3.68. The Morgan fingerprint density at radius 1 is 0.812 bits per heavy atom. The molecular weight excluding hydrogens is 715 g/mol. The van der Waals surface area contributed by atoms with E-state index in [1.807, 2.05) is 5.32 Å². The molecule has 0 spiro atoms. The molecule has 270 valence electrons. The maximum absolute atomic E-state index is 14.7. The van der Waals surface area contributed by atoms with E-state index >= 15 is 0 Å². The molecule has 0 heterocycles. The van der Waals surface area contributed by atoms with Gasteiger partial charge in [0.25, 0.3) is 0 Å². The van der Waals surface area contributed by atoms with E-state index in [0.29, 0.717) is 5.56 Å². The second kappa shape index (κ2) is 14.8. The van der Waals surface area contributed by atoms with Crippen molar-refractivity contribution in [2.24, 2.45) is 0 Å². The van der Waals surface area contributed by atoms with Gasteiger partial charge in [-0.3, -0.25) is 0 Å². The zero-order valence-electron chi connectivity index (χ0n) is 24.1. The van der Waals surface area contributed by atoms with Crippen LogP contribution in [0.1, 0.15) is 12.5 Å². The average Bonchev–Trinajstić information content (AvgIpc) is 2.97.